The van der Waals surface area contributed by atoms with Gasteiger partial charge in [0.05, 0.1) is 39.7 Å². The van der Waals surface area contributed by atoms with Crippen LogP contribution in [0.1, 0.15) is 0 Å². The fourth-order valence-corrected chi connectivity index (χ4v) is 7.11. The van der Waals surface area contributed by atoms with Crippen molar-refractivity contribution in [3.8, 4) is 17.2 Å². The summed E-state index contributed by atoms with van der Waals surface area (Å²) in [5.74, 6) is 0.587. The molecule has 6 heteroatoms. The molecule has 6 nitrogen and oxygen atoms in total. The van der Waals surface area contributed by atoms with Gasteiger partial charge in [-0.2, -0.15) is 0 Å². The number of aromatic nitrogens is 5. The smallest absolute Gasteiger partial charge is 0.235 e. The van der Waals surface area contributed by atoms with Crippen molar-refractivity contribution in [1.29, 1.82) is 0 Å². The summed E-state index contributed by atoms with van der Waals surface area (Å²) in [6.07, 6.45) is 1.77. The van der Waals surface area contributed by atoms with E-state index in [1.165, 1.54) is 43.5 Å². The minimum Gasteiger partial charge on any atom is -0.308 e. The molecule has 0 radical (unpaired) electrons. The first-order valence-corrected chi connectivity index (χ1v) is 14.5. The monoisotopic (exact) mass is 560 g/mol. The van der Waals surface area contributed by atoms with Crippen LogP contribution in [0.3, 0.4) is 0 Å². The van der Waals surface area contributed by atoms with Crippen LogP contribution in [0.4, 0.5) is 5.69 Å². The number of para-hydroxylation sites is 3. The van der Waals surface area contributed by atoms with Crippen LogP contribution in [-0.4, -0.2) is 23.9 Å². The number of nitrogens with zero attached hydrogens (tertiary/aromatic N) is 6. The molecule has 5 aromatic heterocycles. The third-order valence-electron chi connectivity index (χ3n) is 8.92. The fraction of sp³-hybridized carbons (Fsp3) is 0. The summed E-state index contributed by atoms with van der Waals surface area (Å²) < 4.78 is 4.64. The highest BCUT2D eigenvalue weighted by atomic mass is 15.2. The lowest BCUT2D eigenvalue weighted by atomic mass is 10.0. The maximum atomic E-state index is 7.40. The molecule has 0 amide bonds. The summed E-state index contributed by atoms with van der Waals surface area (Å²) in [4.78, 5) is 18.6. The fourth-order valence-electron chi connectivity index (χ4n) is 7.11. The van der Waals surface area contributed by atoms with Gasteiger partial charge in [0.1, 0.15) is 11.2 Å². The van der Waals surface area contributed by atoms with Crippen molar-refractivity contribution in [2.75, 3.05) is 0 Å². The predicted octanol–water partition coefficient (Wildman–Crippen LogP) is 9.49. The molecule has 0 saturated heterocycles. The van der Waals surface area contributed by atoms with Gasteiger partial charge in [-0.3, -0.25) is 9.55 Å². The number of rotatable bonds is 2. The molecule has 44 heavy (non-hydrogen) atoms. The summed E-state index contributed by atoms with van der Waals surface area (Å²) in [7, 11) is 0. The van der Waals surface area contributed by atoms with Gasteiger partial charge in [0.2, 0.25) is 5.95 Å². The zero-order chi connectivity index (χ0) is 28.9. The molecule has 0 aliphatic carbocycles. The van der Waals surface area contributed by atoms with E-state index in [0.29, 0.717) is 11.6 Å². The maximum Gasteiger partial charge on any atom is 0.235 e. The Balaban J connectivity index is 1.43. The molecular weight excluding hydrogens is 540 g/mol. The molecule has 0 saturated carbocycles. The first-order valence-electron chi connectivity index (χ1n) is 14.5. The van der Waals surface area contributed by atoms with Gasteiger partial charge in [0.15, 0.2) is 5.69 Å². The van der Waals surface area contributed by atoms with Crippen molar-refractivity contribution in [3.63, 3.8) is 0 Å². The molecule has 0 bridgehead atoms. The second-order valence-corrected chi connectivity index (χ2v) is 11.2. The van der Waals surface area contributed by atoms with E-state index in [-0.39, 0.29) is 0 Å². The highest BCUT2D eigenvalue weighted by molar-refractivity contribution is 6.34. The Bertz CT molecular complexity index is 2830. The number of benzene rings is 5. The molecule has 5 heterocycles. The van der Waals surface area contributed by atoms with Crippen LogP contribution in [0.5, 0.6) is 0 Å². The van der Waals surface area contributed by atoms with Crippen LogP contribution in [-0.2, 0) is 0 Å². The van der Waals surface area contributed by atoms with Gasteiger partial charge < -0.3 is 4.40 Å². The van der Waals surface area contributed by atoms with Gasteiger partial charge in [-0.15, -0.1) is 0 Å². The summed E-state index contributed by atoms with van der Waals surface area (Å²) >= 11 is 0. The lowest BCUT2D eigenvalue weighted by Crippen LogP contribution is -2.04. The number of hydrogen-bond donors (Lipinski definition) is 0. The molecule has 0 atom stereocenters. The molecule has 0 fully saturated rings. The van der Waals surface area contributed by atoms with Crippen LogP contribution in [0.15, 0.2) is 121 Å². The molecule has 0 aliphatic rings. The van der Waals surface area contributed by atoms with Crippen molar-refractivity contribution in [2.45, 2.75) is 0 Å². The third-order valence-corrected chi connectivity index (χ3v) is 8.92. The Labute approximate surface area is 250 Å². The van der Waals surface area contributed by atoms with E-state index in [2.05, 4.69) is 97.7 Å². The van der Waals surface area contributed by atoms with Crippen molar-refractivity contribution in [2.24, 2.45) is 0 Å². The lowest BCUT2D eigenvalue weighted by molar-refractivity contribution is 1.01. The molecule has 0 N–H and O–H groups in total. The number of fused-ring (bicyclic) bond motifs is 11. The van der Waals surface area contributed by atoms with Gasteiger partial charge >= 0.3 is 0 Å². The molecule has 0 unspecified atom stereocenters. The first-order chi connectivity index (χ1) is 21.8. The van der Waals surface area contributed by atoms with Gasteiger partial charge in [-0.05, 0) is 36.4 Å². The highest BCUT2D eigenvalue weighted by Gasteiger charge is 2.25. The van der Waals surface area contributed by atoms with E-state index in [1.807, 2.05) is 36.4 Å². The van der Waals surface area contributed by atoms with E-state index in [1.54, 1.807) is 6.20 Å². The van der Waals surface area contributed by atoms with Gasteiger partial charge in [0, 0.05) is 44.1 Å². The lowest BCUT2D eigenvalue weighted by Gasteiger charge is -2.12. The zero-order valence-corrected chi connectivity index (χ0v) is 23.2. The van der Waals surface area contributed by atoms with Gasteiger partial charge in [-0.1, -0.05) is 78.9 Å². The normalized spacial score (nSPS) is 12.1. The first kappa shape index (κ1) is 23.3. The quantitative estimate of drug-likeness (QED) is 0.198. The highest BCUT2D eigenvalue weighted by Crippen LogP contribution is 2.46. The van der Waals surface area contributed by atoms with Crippen LogP contribution in [0.2, 0.25) is 0 Å². The minimum absolute atomic E-state index is 0.587. The van der Waals surface area contributed by atoms with Crippen LogP contribution in [0, 0.1) is 6.57 Å². The van der Waals surface area contributed by atoms with Crippen molar-refractivity contribution < 1.29 is 0 Å². The molecule has 0 aliphatic heterocycles. The van der Waals surface area contributed by atoms with Crippen LogP contribution in [0.25, 0.3) is 93.0 Å². The SMILES string of the molecule is [C-]#[N+]c1ccc(-c2nc(-n3c4ccccc4c4cc5c6ccccc6n6c7ccccc7c(c43)c56)nc3cccnc23)cc1. The molecule has 10 rings (SSSR count). The van der Waals surface area contributed by atoms with Gasteiger partial charge in [0.25, 0.3) is 0 Å². The average molecular weight is 561 g/mol. The summed E-state index contributed by atoms with van der Waals surface area (Å²) in [6, 6.07) is 39.7. The Morgan fingerprint density at radius 1 is 0.591 bits per heavy atom. The van der Waals surface area contributed by atoms with Crippen LogP contribution < -0.4 is 0 Å². The minimum atomic E-state index is 0.587. The van der Waals surface area contributed by atoms with Crippen LogP contribution >= 0.6 is 0 Å². The average Bonchev–Trinajstić information content (AvgIpc) is 3.72. The molecule has 202 valence electrons. The number of hydrogen-bond acceptors (Lipinski definition) is 3. The van der Waals surface area contributed by atoms with Crippen molar-refractivity contribution >= 4 is 76.6 Å². The topological polar surface area (TPSA) is 52.4 Å². The second-order valence-electron chi connectivity index (χ2n) is 11.2. The summed E-state index contributed by atoms with van der Waals surface area (Å²) in [5, 5.41) is 7.20. The van der Waals surface area contributed by atoms with E-state index in [4.69, 9.17) is 16.5 Å². The molecule has 10 aromatic rings. The van der Waals surface area contributed by atoms with E-state index in [0.717, 1.165) is 38.7 Å². The van der Waals surface area contributed by atoms with E-state index in [9.17, 15) is 0 Å². The third kappa shape index (κ3) is 2.90. The summed E-state index contributed by atoms with van der Waals surface area (Å²) in [5.41, 5.74) is 9.44. The Morgan fingerprint density at radius 3 is 2.02 bits per heavy atom. The standard InChI is InChI=1S/C38H20N6/c1-39-23-18-16-22(17-19-23)34-35-29(12-8-20-40-35)41-38(42-34)44-31-14-6-3-10-25(31)28-21-27-24-9-2-5-13-30(24)43-32-15-7-4-11-26(32)33(36(27)43)37(28)44/h2-21H. The Morgan fingerprint density at radius 2 is 1.25 bits per heavy atom. The summed E-state index contributed by atoms with van der Waals surface area (Å²) in [6.45, 7) is 7.40. The predicted molar refractivity (Wildman–Crippen MR) is 178 cm³/mol. The maximum absolute atomic E-state index is 7.40. The molecule has 0 spiro atoms. The largest absolute Gasteiger partial charge is 0.308 e. The molecule has 5 aromatic carbocycles. The Kier molecular flexibility index (Phi) is 4.43. The Hall–Kier alpha value is -6.32. The van der Waals surface area contributed by atoms with Crippen molar-refractivity contribution in [1.82, 2.24) is 23.9 Å². The van der Waals surface area contributed by atoms with E-state index < -0.39 is 0 Å². The van der Waals surface area contributed by atoms with E-state index >= 15 is 0 Å². The molecular formula is C38H20N6. The van der Waals surface area contributed by atoms with Crippen molar-refractivity contribution in [3.05, 3.63) is 133 Å². The second kappa shape index (κ2) is 8.37. The van der Waals surface area contributed by atoms with Gasteiger partial charge in [-0.25, -0.2) is 14.8 Å². The number of pyridine rings is 1. The zero-order valence-electron chi connectivity index (χ0n) is 23.2.